The molecule has 1 heterocycles. The molecular weight excluding hydrogens is 396 g/mol. The molecule has 7 heteroatoms. The maximum atomic E-state index is 12.3. The second-order valence-corrected chi connectivity index (χ2v) is 7.97. The molecule has 2 amide bonds. The molecule has 0 aliphatic rings. The van der Waals surface area contributed by atoms with Gasteiger partial charge in [-0.05, 0) is 36.6 Å². The minimum Gasteiger partial charge on any atom is -0.345 e. The summed E-state index contributed by atoms with van der Waals surface area (Å²) >= 11 is 1.29. The summed E-state index contributed by atoms with van der Waals surface area (Å²) in [7, 11) is 0. The number of amides is 2. The van der Waals surface area contributed by atoms with Crippen LogP contribution >= 0.6 is 11.8 Å². The fourth-order valence-corrected chi connectivity index (χ4v) is 3.66. The number of aromatic amines is 1. The fourth-order valence-electron chi connectivity index (χ4n) is 3.03. The summed E-state index contributed by atoms with van der Waals surface area (Å²) in [5, 5.41) is 5.84. The first kappa shape index (κ1) is 21.6. The second kappa shape index (κ2) is 10.6. The van der Waals surface area contributed by atoms with Crippen LogP contribution in [-0.2, 0) is 9.59 Å². The van der Waals surface area contributed by atoms with Crippen molar-refractivity contribution in [1.29, 1.82) is 0 Å². The Kier molecular flexibility index (Phi) is 7.68. The van der Waals surface area contributed by atoms with E-state index >= 15 is 0 Å². The number of anilines is 1. The molecule has 0 bridgehead atoms. The van der Waals surface area contributed by atoms with Gasteiger partial charge in [0.25, 0.3) is 0 Å². The smallest absolute Gasteiger partial charge is 0.234 e. The number of rotatable bonds is 9. The van der Waals surface area contributed by atoms with Gasteiger partial charge in [0.1, 0.15) is 5.82 Å². The van der Waals surface area contributed by atoms with Crippen LogP contribution in [0.25, 0.3) is 11.3 Å². The van der Waals surface area contributed by atoms with E-state index in [1.807, 2.05) is 68.4 Å². The van der Waals surface area contributed by atoms with E-state index in [0.29, 0.717) is 6.42 Å². The lowest BCUT2D eigenvalue weighted by Gasteiger charge is -2.14. The summed E-state index contributed by atoms with van der Waals surface area (Å²) in [6.45, 7) is 3.97. The van der Waals surface area contributed by atoms with Gasteiger partial charge in [-0.3, -0.25) is 9.59 Å². The lowest BCUT2D eigenvalue weighted by Crippen LogP contribution is -2.30. The molecule has 0 aliphatic carbocycles. The van der Waals surface area contributed by atoms with E-state index in [2.05, 4.69) is 20.6 Å². The highest BCUT2D eigenvalue weighted by molar-refractivity contribution is 8.00. The van der Waals surface area contributed by atoms with Gasteiger partial charge < -0.3 is 15.6 Å². The standard InChI is InChI=1S/C23H26N4O2S/c1-3-19(23-24-13-20(27-23)17-9-5-4-6-10-17)26-22(29)15-30-14-21(28)25-18-11-7-8-16(2)12-18/h4-13,19H,3,14-15H2,1-2H3,(H,24,27)(H,25,28)(H,26,29). The highest BCUT2D eigenvalue weighted by Crippen LogP contribution is 2.20. The summed E-state index contributed by atoms with van der Waals surface area (Å²) in [6, 6.07) is 17.4. The lowest BCUT2D eigenvalue weighted by molar-refractivity contribution is -0.119. The number of hydrogen-bond acceptors (Lipinski definition) is 4. The van der Waals surface area contributed by atoms with Gasteiger partial charge in [0.15, 0.2) is 0 Å². The number of carbonyl (C=O) groups excluding carboxylic acids is 2. The van der Waals surface area contributed by atoms with Crippen molar-refractivity contribution in [2.75, 3.05) is 16.8 Å². The molecule has 3 rings (SSSR count). The molecule has 0 aliphatic heterocycles. The van der Waals surface area contributed by atoms with Crippen molar-refractivity contribution in [2.24, 2.45) is 0 Å². The molecule has 1 unspecified atom stereocenters. The molecule has 6 nitrogen and oxygen atoms in total. The van der Waals surface area contributed by atoms with Gasteiger partial charge >= 0.3 is 0 Å². The molecule has 1 aromatic heterocycles. The third-order valence-corrected chi connectivity index (χ3v) is 5.45. The highest BCUT2D eigenvalue weighted by atomic mass is 32.2. The molecule has 0 fully saturated rings. The van der Waals surface area contributed by atoms with Crippen LogP contribution < -0.4 is 10.6 Å². The van der Waals surface area contributed by atoms with Crippen molar-refractivity contribution >= 4 is 29.3 Å². The van der Waals surface area contributed by atoms with Crippen molar-refractivity contribution < 1.29 is 9.59 Å². The van der Waals surface area contributed by atoms with Crippen LogP contribution in [0.4, 0.5) is 5.69 Å². The number of nitrogens with one attached hydrogen (secondary N) is 3. The van der Waals surface area contributed by atoms with Crippen molar-refractivity contribution in [2.45, 2.75) is 26.3 Å². The van der Waals surface area contributed by atoms with Crippen molar-refractivity contribution in [3.8, 4) is 11.3 Å². The summed E-state index contributed by atoms with van der Waals surface area (Å²) < 4.78 is 0. The predicted molar refractivity (Wildman–Crippen MR) is 122 cm³/mol. The van der Waals surface area contributed by atoms with Gasteiger partial charge in [0.2, 0.25) is 11.8 Å². The fraction of sp³-hybridized carbons (Fsp3) is 0.261. The minimum atomic E-state index is -0.198. The number of carbonyl (C=O) groups is 2. The van der Waals surface area contributed by atoms with Gasteiger partial charge in [-0.25, -0.2) is 4.98 Å². The van der Waals surface area contributed by atoms with Gasteiger partial charge in [-0.2, -0.15) is 0 Å². The Labute approximate surface area is 180 Å². The van der Waals surface area contributed by atoms with E-state index in [4.69, 9.17) is 0 Å². The Morgan fingerprint density at radius 3 is 2.57 bits per heavy atom. The molecule has 0 saturated heterocycles. The third-order valence-electron chi connectivity index (χ3n) is 4.52. The summed E-state index contributed by atoms with van der Waals surface area (Å²) in [6.07, 6.45) is 2.50. The lowest BCUT2D eigenvalue weighted by atomic mass is 10.2. The van der Waals surface area contributed by atoms with Crippen molar-refractivity contribution in [3.05, 3.63) is 72.2 Å². The number of thioether (sulfide) groups is 1. The molecule has 156 valence electrons. The second-order valence-electron chi connectivity index (χ2n) is 6.99. The van der Waals surface area contributed by atoms with Crippen LogP contribution in [0.1, 0.15) is 30.8 Å². The molecule has 2 aromatic carbocycles. The number of imidazole rings is 1. The van der Waals surface area contributed by atoms with Crippen LogP contribution in [0, 0.1) is 6.92 Å². The summed E-state index contributed by atoms with van der Waals surface area (Å²) in [5.41, 5.74) is 3.81. The topological polar surface area (TPSA) is 86.9 Å². The predicted octanol–water partition coefficient (Wildman–Crippen LogP) is 4.32. The maximum Gasteiger partial charge on any atom is 0.234 e. The zero-order valence-electron chi connectivity index (χ0n) is 17.1. The Balaban J connectivity index is 1.46. The van der Waals surface area contributed by atoms with Crippen LogP contribution in [0.3, 0.4) is 0 Å². The number of aromatic nitrogens is 2. The summed E-state index contributed by atoms with van der Waals surface area (Å²) in [5.74, 6) is 0.921. The van der Waals surface area contributed by atoms with E-state index in [1.165, 1.54) is 11.8 Å². The number of hydrogen-bond donors (Lipinski definition) is 3. The van der Waals surface area contributed by atoms with Crippen LogP contribution in [-0.4, -0.2) is 33.3 Å². The van der Waals surface area contributed by atoms with Crippen LogP contribution in [0.5, 0.6) is 0 Å². The summed E-state index contributed by atoms with van der Waals surface area (Å²) in [4.78, 5) is 32.1. The molecule has 1 atom stereocenters. The first-order valence-electron chi connectivity index (χ1n) is 9.89. The number of aryl methyl sites for hydroxylation is 1. The Bertz CT molecular complexity index is 988. The molecule has 0 radical (unpaired) electrons. The van der Waals surface area contributed by atoms with Gasteiger partial charge in [-0.1, -0.05) is 49.4 Å². The zero-order chi connectivity index (χ0) is 21.3. The highest BCUT2D eigenvalue weighted by Gasteiger charge is 2.17. The van der Waals surface area contributed by atoms with Gasteiger partial charge in [-0.15, -0.1) is 11.8 Å². The van der Waals surface area contributed by atoms with E-state index in [0.717, 1.165) is 28.3 Å². The van der Waals surface area contributed by atoms with E-state index in [-0.39, 0.29) is 29.4 Å². The SMILES string of the molecule is CCC(NC(=O)CSCC(=O)Nc1cccc(C)c1)c1ncc(-c2ccccc2)[nH]1. The Hall–Kier alpha value is -3.06. The molecule has 0 saturated carbocycles. The van der Waals surface area contributed by atoms with Crippen LogP contribution in [0.2, 0.25) is 0 Å². The average Bonchev–Trinajstić information content (AvgIpc) is 3.23. The van der Waals surface area contributed by atoms with Gasteiger partial charge in [0.05, 0.1) is 29.4 Å². The first-order chi connectivity index (χ1) is 14.5. The van der Waals surface area contributed by atoms with Crippen molar-refractivity contribution in [1.82, 2.24) is 15.3 Å². The normalized spacial score (nSPS) is 11.7. The molecule has 0 spiro atoms. The van der Waals surface area contributed by atoms with E-state index in [1.54, 1.807) is 6.20 Å². The zero-order valence-corrected chi connectivity index (χ0v) is 18.0. The van der Waals surface area contributed by atoms with E-state index in [9.17, 15) is 9.59 Å². The molecule has 3 N–H and O–H groups in total. The number of benzene rings is 2. The molecular formula is C23H26N4O2S. The number of nitrogens with zero attached hydrogens (tertiary/aromatic N) is 1. The maximum absolute atomic E-state index is 12.3. The molecule has 30 heavy (non-hydrogen) atoms. The van der Waals surface area contributed by atoms with E-state index < -0.39 is 0 Å². The van der Waals surface area contributed by atoms with Crippen molar-refractivity contribution in [3.63, 3.8) is 0 Å². The quantitative estimate of drug-likeness (QED) is 0.479. The monoisotopic (exact) mass is 422 g/mol. The minimum absolute atomic E-state index is 0.118. The largest absolute Gasteiger partial charge is 0.345 e. The Morgan fingerprint density at radius 2 is 1.83 bits per heavy atom. The van der Waals surface area contributed by atoms with Crippen LogP contribution in [0.15, 0.2) is 60.8 Å². The van der Waals surface area contributed by atoms with Gasteiger partial charge in [0, 0.05) is 5.69 Å². The first-order valence-corrected chi connectivity index (χ1v) is 11.0. The number of H-pyrrole nitrogens is 1. The molecule has 3 aromatic rings. The average molecular weight is 423 g/mol. The Morgan fingerprint density at radius 1 is 1.07 bits per heavy atom. The third kappa shape index (κ3) is 6.22.